The summed E-state index contributed by atoms with van der Waals surface area (Å²) in [5.74, 6) is 1.26. The lowest BCUT2D eigenvalue weighted by molar-refractivity contribution is -0.125. The van der Waals surface area contributed by atoms with Crippen LogP contribution in [0.25, 0.3) is 0 Å². The van der Waals surface area contributed by atoms with Gasteiger partial charge < -0.3 is 19.5 Å². The highest BCUT2D eigenvalue weighted by atomic mass is 16.5. The summed E-state index contributed by atoms with van der Waals surface area (Å²) in [5, 5.41) is 2.86. The standard InChI is InChI=1S/C15H23NO4/c1-5-19-13-8-7-12(9-14(13)20-6-2)11(3)16-15(17)10-18-4/h7-9,11H,5-6,10H2,1-4H3,(H,16,17)/t11-/m1/s1. The first-order chi connectivity index (χ1) is 9.62. The number of hydrogen-bond acceptors (Lipinski definition) is 4. The first-order valence-corrected chi connectivity index (χ1v) is 6.80. The number of carbonyl (C=O) groups excluding carboxylic acids is 1. The molecule has 0 fully saturated rings. The highest BCUT2D eigenvalue weighted by Gasteiger charge is 2.13. The Bertz CT molecular complexity index is 434. The Labute approximate surface area is 120 Å². The van der Waals surface area contributed by atoms with E-state index >= 15 is 0 Å². The molecule has 1 aromatic rings. The SMILES string of the molecule is CCOc1ccc([C@@H](C)NC(=O)COC)cc1OCC. The van der Waals surface area contributed by atoms with E-state index in [-0.39, 0.29) is 18.6 Å². The van der Waals surface area contributed by atoms with Crippen molar-refractivity contribution in [2.45, 2.75) is 26.8 Å². The molecule has 1 aromatic carbocycles. The Hall–Kier alpha value is -1.75. The van der Waals surface area contributed by atoms with Gasteiger partial charge in [-0.3, -0.25) is 4.79 Å². The third-order valence-corrected chi connectivity index (χ3v) is 2.72. The number of ether oxygens (including phenoxy) is 3. The fourth-order valence-electron chi connectivity index (χ4n) is 1.83. The number of benzene rings is 1. The normalized spacial score (nSPS) is 11.8. The lowest BCUT2D eigenvalue weighted by Gasteiger charge is -2.17. The summed E-state index contributed by atoms with van der Waals surface area (Å²) in [6, 6.07) is 5.56. The molecular formula is C15H23NO4. The van der Waals surface area contributed by atoms with Crippen molar-refractivity contribution in [2.24, 2.45) is 0 Å². The summed E-state index contributed by atoms with van der Waals surface area (Å²) in [6.45, 7) is 6.97. The minimum atomic E-state index is -0.146. The number of methoxy groups -OCH3 is 1. The second-order valence-corrected chi connectivity index (χ2v) is 4.29. The molecule has 0 saturated carbocycles. The van der Waals surface area contributed by atoms with Crippen molar-refractivity contribution in [3.63, 3.8) is 0 Å². The molecule has 5 nitrogen and oxygen atoms in total. The minimum Gasteiger partial charge on any atom is -0.490 e. The molecular weight excluding hydrogens is 258 g/mol. The topological polar surface area (TPSA) is 56.8 Å². The number of nitrogens with one attached hydrogen (secondary N) is 1. The summed E-state index contributed by atoms with van der Waals surface area (Å²) in [5.41, 5.74) is 0.960. The molecule has 0 radical (unpaired) electrons. The zero-order valence-corrected chi connectivity index (χ0v) is 12.6. The van der Waals surface area contributed by atoms with Gasteiger partial charge in [-0.15, -0.1) is 0 Å². The van der Waals surface area contributed by atoms with Crippen LogP contribution in [0.15, 0.2) is 18.2 Å². The average Bonchev–Trinajstić information content (AvgIpc) is 2.41. The van der Waals surface area contributed by atoms with E-state index in [0.29, 0.717) is 24.7 Å². The summed E-state index contributed by atoms with van der Waals surface area (Å²) >= 11 is 0. The van der Waals surface area contributed by atoms with Crippen molar-refractivity contribution in [2.75, 3.05) is 26.9 Å². The fraction of sp³-hybridized carbons (Fsp3) is 0.533. The van der Waals surface area contributed by atoms with E-state index in [9.17, 15) is 4.79 Å². The maximum absolute atomic E-state index is 11.5. The number of amides is 1. The molecule has 1 N–H and O–H groups in total. The number of rotatable bonds is 8. The smallest absolute Gasteiger partial charge is 0.246 e. The quantitative estimate of drug-likeness (QED) is 0.794. The van der Waals surface area contributed by atoms with Crippen LogP contribution in [-0.2, 0) is 9.53 Å². The molecule has 0 saturated heterocycles. The van der Waals surface area contributed by atoms with Gasteiger partial charge in [0.1, 0.15) is 6.61 Å². The van der Waals surface area contributed by atoms with E-state index in [1.54, 1.807) is 0 Å². The van der Waals surface area contributed by atoms with Crippen molar-refractivity contribution in [1.82, 2.24) is 5.32 Å². The summed E-state index contributed by atoms with van der Waals surface area (Å²) in [4.78, 5) is 11.5. The third kappa shape index (κ3) is 4.74. The van der Waals surface area contributed by atoms with Crippen LogP contribution in [0.2, 0.25) is 0 Å². The van der Waals surface area contributed by atoms with Crippen LogP contribution in [0.5, 0.6) is 11.5 Å². The van der Waals surface area contributed by atoms with Gasteiger partial charge in [0, 0.05) is 7.11 Å². The minimum absolute atomic E-state index is 0.0552. The fourth-order valence-corrected chi connectivity index (χ4v) is 1.83. The molecule has 112 valence electrons. The average molecular weight is 281 g/mol. The number of carbonyl (C=O) groups is 1. The zero-order chi connectivity index (χ0) is 15.0. The van der Waals surface area contributed by atoms with Crippen LogP contribution in [0.1, 0.15) is 32.4 Å². The first kappa shape index (κ1) is 16.3. The van der Waals surface area contributed by atoms with Gasteiger partial charge in [-0.2, -0.15) is 0 Å². The Morgan fingerprint density at radius 1 is 1.20 bits per heavy atom. The molecule has 1 amide bonds. The predicted molar refractivity (Wildman–Crippen MR) is 77.2 cm³/mol. The maximum Gasteiger partial charge on any atom is 0.246 e. The Morgan fingerprint density at radius 3 is 2.45 bits per heavy atom. The van der Waals surface area contributed by atoms with Gasteiger partial charge in [0.15, 0.2) is 11.5 Å². The molecule has 0 unspecified atom stereocenters. The van der Waals surface area contributed by atoms with E-state index in [0.717, 1.165) is 5.56 Å². The van der Waals surface area contributed by atoms with E-state index in [1.165, 1.54) is 7.11 Å². The molecule has 0 bridgehead atoms. The zero-order valence-electron chi connectivity index (χ0n) is 12.6. The van der Waals surface area contributed by atoms with Crippen LogP contribution in [0.4, 0.5) is 0 Å². The van der Waals surface area contributed by atoms with Gasteiger partial charge in [-0.1, -0.05) is 6.07 Å². The third-order valence-electron chi connectivity index (χ3n) is 2.72. The van der Waals surface area contributed by atoms with Crippen LogP contribution >= 0.6 is 0 Å². The van der Waals surface area contributed by atoms with Gasteiger partial charge in [0.25, 0.3) is 0 Å². The van der Waals surface area contributed by atoms with Crippen LogP contribution < -0.4 is 14.8 Å². The van der Waals surface area contributed by atoms with E-state index < -0.39 is 0 Å². The lowest BCUT2D eigenvalue weighted by atomic mass is 10.1. The largest absolute Gasteiger partial charge is 0.490 e. The van der Waals surface area contributed by atoms with Crippen LogP contribution in [0.3, 0.4) is 0 Å². The van der Waals surface area contributed by atoms with Crippen molar-refractivity contribution in [1.29, 1.82) is 0 Å². The highest BCUT2D eigenvalue weighted by molar-refractivity contribution is 5.77. The van der Waals surface area contributed by atoms with E-state index in [2.05, 4.69) is 5.32 Å². The monoisotopic (exact) mass is 281 g/mol. The number of hydrogen-bond donors (Lipinski definition) is 1. The van der Waals surface area contributed by atoms with Gasteiger partial charge in [0.05, 0.1) is 19.3 Å². The second-order valence-electron chi connectivity index (χ2n) is 4.29. The van der Waals surface area contributed by atoms with Gasteiger partial charge in [0.2, 0.25) is 5.91 Å². The Kier molecular flexibility index (Phi) is 6.87. The van der Waals surface area contributed by atoms with Crippen LogP contribution in [-0.4, -0.2) is 32.8 Å². The van der Waals surface area contributed by atoms with Gasteiger partial charge in [-0.25, -0.2) is 0 Å². The first-order valence-electron chi connectivity index (χ1n) is 6.80. The molecule has 0 spiro atoms. The highest BCUT2D eigenvalue weighted by Crippen LogP contribution is 2.30. The Balaban J connectivity index is 2.84. The van der Waals surface area contributed by atoms with Crippen molar-refractivity contribution >= 4 is 5.91 Å². The molecule has 0 aliphatic rings. The molecule has 1 atom stereocenters. The summed E-state index contributed by atoms with van der Waals surface area (Å²) < 4.78 is 15.9. The lowest BCUT2D eigenvalue weighted by Crippen LogP contribution is -2.29. The van der Waals surface area contributed by atoms with Crippen molar-refractivity contribution in [3.8, 4) is 11.5 Å². The molecule has 0 aliphatic heterocycles. The predicted octanol–water partition coefficient (Wildman–Crippen LogP) is 2.31. The molecule has 20 heavy (non-hydrogen) atoms. The van der Waals surface area contributed by atoms with E-state index in [1.807, 2.05) is 39.0 Å². The summed E-state index contributed by atoms with van der Waals surface area (Å²) in [7, 11) is 1.49. The molecule has 5 heteroatoms. The van der Waals surface area contributed by atoms with E-state index in [4.69, 9.17) is 14.2 Å². The van der Waals surface area contributed by atoms with Gasteiger partial charge >= 0.3 is 0 Å². The Morgan fingerprint density at radius 2 is 1.85 bits per heavy atom. The molecule has 0 aromatic heterocycles. The molecule has 0 heterocycles. The van der Waals surface area contributed by atoms with Crippen LogP contribution in [0, 0.1) is 0 Å². The summed E-state index contributed by atoms with van der Waals surface area (Å²) in [6.07, 6.45) is 0. The van der Waals surface area contributed by atoms with Gasteiger partial charge in [-0.05, 0) is 38.5 Å². The molecule has 1 rings (SSSR count). The van der Waals surface area contributed by atoms with Crippen molar-refractivity contribution < 1.29 is 19.0 Å². The maximum atomic E-state index is 11.5. The molecule has 0 aliphatic carbocycles. The van der Waals surface area contributed by atoms with Crippen molar-refractivity contribution in [3.05, 3.63) is 23.8 Å². The second kappa shape index (κ2) is 8.43.